The summed E-state index contributed by atoms with van der Waals surface area (Å²) in [5, 5.41) is 4.72. The van der Waals surface area contributed by atoms with Crippen LogP contribution in [0.4, 0.5) is 5.13 Å². The average Bonchev–Trinajstić information content (AvgIpc) is 3.37. The molecule has 5 heteroatoms. The van der Waals surface area contributed by atoms with Crippen molar-refractivity contribution < 1.29 is 4.74 Å². The van der Waals surface area contributed by atoms with Gasteiger partial charge in [-0.3, -0.25) is 0 Å². The summed E-state index contributed by atoms with van der Waals surface area (Å²) >= 11 is 1.87. The number of nitrogens with zero attached hydrogens (tertiary/aromatic N) is 2. The molecule has 2 saturated carbocycles. The van der Waals surface area contributed by atoms with E-state index >= 15 is 0 Å². The van der Waals surface area contributed by atoms with Crippen LogP contribution in [0.15, 0.2) is 0 Å². The smallest absolute Gasteiger partial charge is 0.186 e. The van der Waals surface area contributed by atoms with E-state index < -0.39 is 0 Å². The molecule has 2 aliphatic carbocycles. The highest BCUT2D eigenvalue weighted by Crippen LogP contribution is 2.39. The normalized spacial score (nSPS) is 18.2. The molecule has 1 aromatic rings. The van der Waals surface area contributed by atoms with E-state index in [2.05, 4.69) is 17.1 Å². The van der Waals surface area contributed by atoms with Crippen LogP contribution in [0.25, 0.3) is 0 Å². The van der Waals surface area contributed by atoms with Crippen molar-refractivity contribution in [3.63, 3.8) is 0 Å². The van der Waals surface area contributed by atoms with E-state index in [1.165, 1.54) is 48.7 Å². The highest BCUT2D eigenvalue weighted by atomic mass is 32.1. The zero-order chi connectivity index (χ0) is 14.7. The third-order valence-electron chi connectivity index (χ3n) is 4.15. The molecule has 4 nitrogen and oxygen atoms in total. The van der Waals surface area contributed by atoms with Gasteiger partial charge in [-0.1, -0.05) is 6.92 Å². The molecule has 0 aromatic carbocycles. The van der Waals surface area contributed by atoms with Crippen LogP contribution < -0.4 is 10.2 Å². The van der Waals surface area contributed by atoms with Crippen molar-refractivity contribution in [2.45, 2.75) is 58.2 Å². The molecule has 0 bridgehead atoms. The second-order valence-corrected chi connectivity index (χ2v) is 7.37. The Hall–Kier alpha value is -0.650. The first-order valence-corrected chi connectivity index (χ1v) is 9.08. The minimum absolute atomic E-state index is 0.627. The lowest BCUT2D eigenvalue weighted by Gasteiger charge is -2.21. The molecule has 0 unspecified atom stereocenters. The van der Waals surface area contributed by atoms with Gasteiger partial charge in [0.05, 0.1) is 12.3 Å². The molecule has 0 saturated heterocycles. The number of rotatable bonds is 10. The van der Waals surface area contributed by atoms with Crippen LogP contribution in [0.2, 0.25) is 0 Å². The molecule has 0 spiro atoms. The largest absolute Gasteiger partial charge is 0.378 e. The molecule has 0 radical (unpaired) electrons. The van der Waals surface area contributed by atoms with Crippen molar-refractivity contribution in [3.05, 3.63) is 10.6 Å². The van der Waals surface area contributed by atoms with Gasteiger partial charge in [0.1, 0.15) is 0 Å². The SMILES string of the molecule is CCCNCc1sc(N(CC2CC2)C2CC2)nc1COC. The standard InChI is InChI=1S/C16H27N3OS/c1-3-8-17-9-15-14(11-20-2)18-16(21-15)19(13-6-7-13)10-12-4-5-12/h12-13,17H,3-11H2,1-2H3. The third kappa shape index (κ3) is 4.18. The van der Waals surface area contributed by atoms with Gasteiger partial charge >= 0.3 is 0 Å². The lowest BCUT2D eigenvalue weighted by molar-refractivity contribution is 0.181. The summed E-state index contributed by atoms with van der Waals surface area (Å²) < 4.78 is 5.34. The van der Waals surface area contributed by atoms with E-state index in [0.717, 1.165) is 30.7 Å². The topological polar surface area (TPSA) is 37.4 Å². The van der Waals surface area contributed by atoms with E-state index in [-0.39, 0.29) is 0 Å². The summed E-state index contributed by atoms with van der Waals surface area (Å²) in [5.74, 6) is 0.919. The first kappa shape index (κ1) is 15.3. The van der Waals surface area contributed by atoms with Gasteiger partial charge in [0.2, 0.25) is 0 Å². The molecule has 1 aromatic heterocycles. The summed E-state index contributed by atoms with van der Waals surface area (Å²) in [6, 6.07) is 0.753. The first-order chi connectivity index (χ1) is 10.3. The summed E-state index contributed by atoms with van der Waals surface area (Å²) in [5.41, 5.74) is 1.13. The summed E-state index contributed by atoms with van der Waals surface area (Å²) in [6.07, 6.45) is 6.67. The summed E-state index contributed by atoms with van der Waals surface area (Å²) in [7, 11) is 1.76. The van der Waals surface area contributed by atoms with Crippen molar-refractivity contribution in [3.8, 4) is 0 Å². The Morgan fingerprint density at radius 1 is 1.33 bits per heavy atom. The summed E-state index contributed by atoms with van der Waals surface area (Å²) in [4.78, 5) is 8.82. The van der Waals surface area contributed by atoms with Gasteiger partial charge in [0.15, 0.2) is 5.13 Å². The Morgan fingerprint density at radius 3 is 2.76 bits per heavy atom. The van der Waals surface area contributed by atoms with Crippen LogP contribution in [0, 0.1) is 5.92 Å². The van der Waals surface area contributed by atoms with Crippen molar-refractivity contribution in [2.24, 2.45) is 5.92 Å². The van der Waals surface area contributed by atoms with Crippen molar-refractivity contribution in [1.29, 1.82) is 0 Å². The number of ether oxygens (including phenoxy) is 1. The minimum Gasteiger partial charge on any atom is -0.378 e. The molecule has 2 fully saturated rings. The predicted molar refractivity (Wildman–Crippen MR) is 87.9 cm³/mol. The molecule has 0 aliphatic heterocycles. The fourth-order valence-electron chi connectivity index (χ4n) is 2.61. The molecule has 1 N–H and O–H groups in total. The van der Waals surface area contributed by atoms with E-state index in [4.69, 9.17) is 9.72 Å². The Balaban J connectivity index is 1.71. The van der Waals surface area contributed by atoms with E-state index in [1.54, 1.807) is 7.11 Å². The van der Waals surface area contributed by atoms with Gasteiger partial charge in [-0.05, 0) is 44.6 Å². The van der Waals surface area contributed by atoms with E-state index in [1.807, 2.05) is 11.3 Å². The molecule has 0 atom stereocenters. The number of aromatic nitrogens is 1. The maximum atomic E-state index is 5.34. The van der Waals surface area contributed by atoms with Gasteiger partial charge in [0, 0.05) is 31.1 Å². The number of nitrogens with one attached hydrogen (secondary N) is 1. The third-order valence-corrected chi connectivity index (χ3v) is 5.28. The van der Waals surface area contributed by atoms with Gasteiger partial charge in [-0.25, -0.2) is 4.98 Å². The van der Waals surface area contributed by atoms with E-state index in [9.17, 15) is 0 Å². The number of hydrogen-bond acceptors (Lipinski definition) is 5. The van der Waals surface area contributed by atoms with Gasteiger partial charge < -0.3 is 15.0 Å². The quantitative estimate of drug-likeness (QED) is 0.674. The molecule has 1 heterocycles. The first-order valence-electron chi connectivity index (χ1n) is 8.26. The van der Waals surface area contributed by atoms with Crippen LogP contribution in [0.3, 0.4) is 0 Å². The number of anilines is 1. The van der Waals surface area contributed by atoms with Crippen molar-refractivity contribution in [2.75, 3.05) is 25.1 Å². The monoisotopic (exact) mass is 309 g/mol. The fourth-order valence-corrected chi connectivity index (χ4v) is 3.72. The molecule has 0 amide bonds. The van der Waals surface area contributed by atoms with Crippen molar-refractivity contribution >= 4 is 16.5 Å². The maximum Gasteiger partial charge on any atom is 0.186 e. The van der Waals surface area contributed by atoms with Crippen LogP contribution in [-0.4, -0.2) is 31.2 Å². The maximum absolute atomic E-state index is 5.34. The Kier molecular flexibility index (Phi) is 5.14. The Morgan fingerprint density at radius 2 is 2.14 bits per heavy atom. The van der Waals surface area contributed by atoms with Crippen LogP contribution in [0.1, 0.15) is 49.6 Å². The molecule has 2 aliphatic rings. The summed E-state index contributed by atoms with van der Waals surface area (Å²) in [6.45, 7) is 6.03. The molecular weight excluding hydrogens is 282 g/mol. The molecule has 3 rings (SSSR count). The number of hydrogen-bond donors (Lipinski definition) is 1. The fraction of sp³-hybridized carbons (Fsp3) is 0.812. The van der Waals surface area contributed by atoms with Crippen LogP contribution in [0.5, 0.6) is 0 Å². The zero-order valence-corrected chi connectivity index (χ0v) is 14.0. The predicted octanol–water partition coefficient (Wildman–Crippen LogP) is 3.17. The zero-order valence-electron chi connectivity index (χ0n) is 13.2. The second kappa shape index (κ2) is 7.07. The van der Waals surface area contributed by atoms with Gasteiger partial charge in [-0.15, -0.1) is 11.3 Å². The molecule has 21 heavy (non-hydrogen) atoms. The number of methoxy groups -OCH3 is 1. The molecule has 118 valence electrons. The van der Waals surface area contributed by atoms with Gasteiger partial charge in [0.25, 0.3) is 0 Å². The highest BCUT2D eigenvalue weighted by Gasteiger charge is 2.35. The van der Waals surface area contributed by atoms with Crippen LogP contribution >= 0.6 is 11.3 Å². The van der Waals surface area contributed by atoms with Crippen molar-refractivity contribution in [1.82, 2.24) is 10.3 Å². The van der Waals surface area contributed by atoms with Crippen LogP contribution in [-0.2, 0) is 17.9 Å². The minimum atomic E-state index is 0.627. The number of thiazole rings is 1. The Labute approximate surface area is 131 Å². The molecular formula is C16H27N3OS. The highest BCUT2D eigenvalue weighted by molar-refractivity contribution is 7.15. The average molecular weight is 309 g/mol. The second-order valence-electron chi connectivity index (χ2n) is 6.30. The lowest BCUT2D eigenvalue weighted by Crippen LogP contribution is -2.27. The Bertz CT molecular complexity index is 454. The lowest BCUT2D eigenvalue weighted by atomic mass is 10.3. The van der Waals surface area contributed by atoms with E-state index in [0.29, 0.717) is 6.61 Å². The van der Waals surface area contributed by atoms with Gasteiger partial charge in [-0.2, -0.15) is 0 Å².